The highest BCUT2D eigenvalue weighted by atomic mass is 16.2. The van der Waals surface area contributed by atoms with Gasteiger partial charge in [0.25, 0.3) is 0 Å². The van der Waals surface area contributed by atoms with Gasteiger partial charge in [-0.05, 0) is 0 Å². The van der Waals surface area contributed by atoms with Crippen molar-refractivity contribution in [2.24, 2.45) is 5.73 Å². The Balaban J connectivity index is 3.98. The summed E-state index contributed by atoms with van der Waals surface area (Å²) < 4.78 is 0. The van der Waals surface area contributed by atoms with Crippen molar-refractivity contribution in [3.05, 3.63) is 0 Å². The molecule has 0 saturated heterocycles. The van der Waals surface area contributed by atoms with Gasteiger partial charge in [0, 0.05) is 7.05 Å². The minimum absolute atomic E-state index is 0.123. The largest absolute Gasteiger partial charge is 0.361 e. The molecule has 0 aromatic carbocycles. The van der Waals surface area contributed by atoms with Crippen LogP contribution >= 0.6 is 0 Å². The zero-order valence-electron chi connectivity index (χ0n) is 5.50. The molecule has 0 aliphatic rings. The van der Waals surface area contributed by atoms with E-state index >= 15 is 0 Å². The first-order valence-electron chi connectivity index (χ1n) is 2.51. The molecule has 10 heavy (non-hydrogen) atoms. The summed E-state index contributed by atoms with van der Waals surface area (Å²) in [4.78, 5) is 21.6. The van der Waals surface area contributed by atoms with Crippen LogP contribution in [0.4, 0.5) is 0 Å². The fourth-order valence-electron chi connectivity index (χ4n) is 0.366. The number of carbonyl (C=O) groups is 2. The molecule has 0 heterocycles. The zero-order chi connectivity index (χ0) is 8.15. The molecule has 54 valence electrons. The average Bonchev–Trinajstić information content (AvgIpc) is 1.87. The molecule has 0 radical (unpaired) electrons. The lowest BCUT2D eigenvalue weighted by atomic mass is 10.5. The maximum absolute atomic E-state index is 10.5. The van der Waals surface area contributed by atoms with E-state index in [1.54, 1.807) is 6.07 Å². The summed E-state index contributed by atoms with van der Waals surface area (Å²) in [5.74, 6) is -1.89. The van der Waals surface area contributed by atoms with E-state index in [0.717, 1.165) is 4.90 Å². The third kappa shape index (κ3) is 2.13. The minimum atomic E-state index is -1.04. The first kappa shape index (κ1) is 8.43. The number of nitriles is 1. The Kier molecular flexibility index (Phi) is 2.91. The van der Waals surface area contributed by atoms with Crippen LogP contribution in [0.2, 0.25) is 0 Å². The molecule has 0 bridgehead atoms. The van der Waals surface area contributed by atoms with E-state index in [4.69, 9.17) is 5.26 Å². The van der Waals surface area contributed by atoms with Gasteiger partial charge in [0.1, 0.15) is 6.54 Å². The molecule has 2 N–H and O–H groups in total. The normalized spacial score (nSPS) is 8.00. The highest BCUT2D eigenvalue weighted by Crippen LogP contribution is 1.80. The lowest BCUT2D eigenvalue weighted by molar-refractivity contribution is -0.142. The van der Waals surface area contributed by atoms with E-state index in [0.29, 0.717) is 0 Å². The molecule has 0 atom stereocenters. The van der Waals surface area contributed by atoms with Crippen LogP contribution in [0, 0.1) is 11.3 Å². The molecule has 0 unspecified atom stereocenters. The quantitative estimate of drug-likeness (QED) is 0.354. The van der Waals surface area contributed by atoms with Crippen LogP contribution in [0.3, 0.4) is 0 Å². The van der Waals surface area contributed by atoms with E-state index in [2.05, 4.69) is 5.73 Å². The second kappa shape index (κ2) is 3.45. The van der Waals surface area contributed by atoms with Crippen LogP contribution in [0.25, 0.3) is 0 Å². The molecule has 0 aromatic heterocycles. The molecular weight excluding hydrogens is 134 g/mol. The highest BCUT2D eigenvalue weighted by molar-refractivity contribution is 6.34. The molecular formula is C5H7N3O2. The Bertz CT molecular complexity index is 194. The van der Waals surface area contributed by atoms with E-state index in [-0.39, 0.29) is 6.54 Å². The van der Waals surface area contributed by atoms with E-state index in [1.165, 1.54) is 7.05 Å². The Labute approximate surface area is 58.0 Å². The molecule has 5 heteroatoms. The number of amides is 2. The Hall–Kier alpha value is -1.57. The summed E-state index contributed by atoms with van der Waals surface area (Å²) in [5.41, 5.74) is 4.63. The van der Waals surface area contributed by atoms with Gasteiger partial charge in [0.2, 0.25) is 0 Å². The SMILES string of the molecule is CN(CC#N)C(=O)C(N)=O. The third-order valence-electron chi connectivity index (χ3n) is 0.865. The molecule has 0 aliphatic carbocycles. The Morgan fingerprint density at radius 3 is 2.50 bits per heavy atom. The molecule has 0 aromatic rings. The predicted molar refractivity (Wildman–Crippen MR) is 32.4 cm³/mol. The van der Waals surface area contributed by atoms with Gasteiger partial charge in [0.15, 0.2) is 0 Å². The van der Waals surface area contributed by atoms with Crippen molar-refractivity contribution >= 4 is 11.8 Å². The first-order chi connectivity index (χ1) is 4.59. The smallest absolute Gasteiger partial charge is 0.312 e. The van der Waals surface area contributed by atoms with Gasteiger partial charge in [-0.1, -0.05) is 0 Å². The molecule has 0 spiro atoms. The van der Waals surface area contributed by atoms with Crippen molar-refractivity contribution in [2.45, 2.75) is 0 Å². The molecule has 0 rings (SSSR count). The van der Waals surface area contributed by atoms with Crippen LogP contribution in [-0.2, 0) is 9.59 Å². The van der Waals surface area contributed by atoms with Gasteiger partial charge < -0.3 is 10.6 Å². The van der Waals surface area contributed by atoms with Crippen LogP contribution in [0.1, 0.15) is 0 Å². The second-order valence-electron chi connectivity index (χ2n) is 1.68. The number of carbonyl (C=O) groups excluding carboxylic acids is 2. The summed E-state index contributed by atoms with van der Waals surface area (Å²) in [7, 11) is 1.33. The highest BCUT2D eigenvalue weighted by Gasteiger charge is 2.13. The van der Waals surface area contributed by atoms with Gasteiger partial charge >= 0.3 is 11.8 Å². The number of likely N-dealkylation sites (N-methyl/N-ethyl adjacent to an activating group) is 1. The number of nitrogens with zero attached hydrogens (tertiary/aromatic N) is 2. The molecule has 0 fully saturated rings. The van der Waals surface area contributed by atoms with E-state index in [1.807, 2.05) is 0 Å². The second-order valence-corrected chi connectivity index (χ2v) is 1.68. The lowest BCUT2D eigenvalue weighted by Gasteiger charge is -2.08. The summed E-state index contributed by atoms with van der Waals surface area (Å²) in [5, 5.41) is 8.07. The standard InChI is InChI=1S/C5H7N3O2/c1-8(3-2-6)5(10)4(7)9/h3H2,1H3,(H2,7,9). The van der Waals surface area contributed by atoms with E-state index < -0.39 is 11.8 Å². The number of primary amides is 1. The van der Waals surface area contributed by atoms with Gasteiger partial charge in [-0.15, -0.1) is 0 Å². The first-order valence-corrected chi connectivity index (χ1v) is 2.51. The monoisotopic (exact) mass is 141 g/mol. The lowest BCUT2D eigenvalue weighted by Crippen LogP contribution is -2.37. The van der Waals surface area contributed by atoms with Crippen LogP contribution in [0.5, 0.6) is 0 Å². The topological polar surface area (TPSA) is 87.2 Å². The van der Waals surface area contributed by atoms with Crippen molar-refractivity contribution in [3.8, 4) is 6.07 Å². The molecule has 0 aliphatic heterocycles. The van der Waals surface area contributed by atoms with E-state index in [9.17, 15) is 9.59 Å². The summed E-state index contributed by atoms with van der Waals surface area (Å²) in [6.45, 7) is -0.123. The number of rotatable bonds is 1. The summed E-state index contributed by atoms with van der Waals surface area (Å²) in [6.07, 6.45) is 0. The van der Waals surface area contributed by atoms with Gasteiger partial charge in [0.05, 0.1) is 6.07 Å². The van der Waals surface area contributed by atoms with Crippen molar-refractivity contribution in [1.29, 1.82) is 5.26 Å². The molecule has 5 nitrogen and oxygen atoms in total. The minimum Gasteiger partial charge on any atom is -0.361 e. The third-order valence-corrected chi connectivity index (χ3v) is 0.865. The Morgan fingerprint density at radius 2 is 2.20 bits per heavy atom. The number of nitrogens with two attached hydrogens (primary N) is 1. The van der Waals surface area contributed by atoms with Gasteiger partial charge in [-0.2, -0.15) is 5.26 Å². The van der Waals surface area contributed by atoms with Crippen molar-refractivity contribution in [2.75, 3.05) is 13.6 Å². The fourth-order valence-corrected chi connectivity index (χ4v) is 0.366. The summed E-state index contributed by atoms with van der Waals surface area (Å²) >= 11 is 0. The predicted octanol–water partition coefficient (Wildman–Crippen LogP) is -1.55. The Morgan fingerprint density at radius 1 is 1.70 bits per heavy atom. The number of hydrogen-bond donors (Lipinski definition) is 1. The maximum atomic E-state index is 10.5. The fraction of sp³-hybridized carbons (Fsp3) is 0.400. The van der Waals surface area contributed by atoms with Crippen molar-refractivity contribution in [1.82, 2.24) is 4.90 Å². The van der Waals surface area contributed by atoms with Gasteiger partial charge in [-0.3, -0.25) is 9.59 Å². The maximum Gasteiger partial charge on any atom is 0.312 e. The van der Waals surface area contributed by atoms with Crippen molar-refractivity contribution < 1.29 is 9.59 Å². The van der Waals surface area contributed by atoms with Gasteiger partial charge in [-0.25, -0.2) is 0 Å². The molecule has 2 amide bonds. The zero-order valence-corrected chi connectivity index (χ0v) is 5.50. The van der Waals surface area contributed by atoms with Crippen molar-refractivity contribution in [3.63, 3.8) is 0 Å². The van der Waals surface area contributed by atoms with Crippen LogP contribution in [-0.4, -0.2) is 30.3 Å². The average molecular weight is 141 g/mol. The number of hydrogen-bond acceptors (Lipinski definition) is 3. The van der Waals surface area contributed by atoms with Crippen LogP contribution < -0.4 is 5.73 Å². The van der Waals surface area contributed by atoms with Crippen LogP contribution in [0.15, 0.2) is 0 Å². The molecule has 0 saturated carbocycles. The summed E-state index contributed by atoms with van der Waals surface area (Å²) in [6, 6.07) is 1.70.